The van der Waals surface area contributed by atoms with Crippen molar-refractivity contribution in [2.75, 3.05) is 11.9 Å². The van der Waals surface area contributed by atoms with Crippen molar-refractivity contribution in [2.45, 2.75) is 20.3 Å². The number of nitrogens with zero attached hydrogens (tertiary/aromatic N) is 1. The summed E-state index contributed by atoms with van der Waals surface area (Å²) in [4.78, 5) is 23.2. The first-order valence-corrected chi connectivity index (χ1v) is 5.61. The molecule has 5 nitrogen and oxygen atoms in total. The summed E-state index contributed by atoms with van der Waals surface area (Å²) < 4.78 is 1.42. The Morgan fingerprint density at radius 3 is 2.65 bits per heavy atom. The van der Waals surface area contributed by atoms with Crippen LogP contribution >= 0.6 is 0 Å². The fraction of sp³-hybridized carbons (Fsp3) is 0.500. The molecule has 0 fully saturated rings. The van der Waals surface area contributed by atoms with E-state index in [1.165, 1.54) is 10.6 Å². The van der Waals surface area contributed by atoms with Gasteiger partial charge in [-0.25, -0.2) is 0 Å². The molecule has 0 aliphatic carbocycles. The van der Waals surface area contributed by atoms with Gasteiger partial charge in [0.05, 0.1) is 11.1 Å². The van der Waals surface area contributed by atoms with Crippen LogP contribution in [0.25, 0.3) is 0 Å². The van der Waals surface area contributed by atoms with Crippen LogP contribution < -0.4 is 16.6 Å². The van der Waals surface area contributed by atoms with Gasteiger partial charge in [0.25, 0.3) is 0 Å². The molecule has 3 N–H and O–H groups in total. The number of amides is 1. The number of aryl methyl sites for hydroxylation is 1. The summed E-state index contributed by atoms with van der Waals surface area (Å²) >= 11 is 0. The van der Waals surface area contributed by atoms with Gasteiger partial charge in [0.2, 0.25) is 11.5 Å². The Labute approximate surface area is 101 Å². The highest BCUT2D eigenvalue weighted by atomic mass is 16.2. The van der Waals surface area contributed by atoms with E-state index in [4.69, 9.17) is 5.73 Å². The van der Waals surface area contributed by atoms with Gasteiger partial charge in [-0.05, 0) is 19.4 Å². The van der Waals surface area contributed by atoms with Gasteiger partial charge in [0, 0.05) is 25.9 Å². The van der Waals surface area contributed by atoms with Gasteiger partial charge in [0.1, 0.15) is 0 Å². The van der Waals surface area contributed by atoms with Gasteiger partial charge < -0.3 is 15.6 Å². The molecule has 0 saturated heterocycles. The van der Waals surface area contributed by atoms with Crippen molar-refractivity contribution in [1.82, 2.24) is 4.57 Å². The van der Waals surface area contributed by atoms with Crippen molar-refractivity contribution in [2.24, 2.45) is 18.2 Å². The maximum atomic E-state index is 12.0. The van der Waals surface area contributed by atoms with Crippen LogP contribution in [0.4, 0.5) is 5.69 Å². The van der Waals surface area contributed by atoms with Crippen LogP contribution in [0.3, 0.4) is 0 Å². The summed E-state index contributed by atoms with van der Waals surface area (Å²) in [5.41, 5.74) is 5.53. The molecule has 1 aromatic heterocycles. The Kier molecular flexibility index (Phi) is 4.07. The van der Waals surface area contributed by atoms with E-state index in [1.807, 2.05) is 13.8 Å². The molecule has 0 radical (unpaired) electrons. The molecule has 0 aliphatic rings. The van der Waals surface area contributed by atoms with Crippen LogP contribution in [0.1, 0.15) is 20.3 Å². The second-order valence-electron chi connectivity index (χ2n) is 4.44. The van der Waals surface area contributed by atoms with Gasteiger partial charge in [-0.2, -0.15) is 0 Å². The Balaban J connectivity index is 2.88. The number of carbonyl (C=O) groups excluding carboxylic acids is 1. The van der Waals surface area contributed by atoms with E-state index in [2.05, 4.69) is 5.32 Å². The Bertz CT molecular complexity index is 461. The smallest absolute Gasteiger partial charge is 0.250 e. The first-order valence-electron chi connectivity index (χ1n) is 5.61. The Hall–Kier alpha value is -1.62. The van der Waals surface area contributed by atoms with Crippen molar-refractivity contribution >= 4 is 11.6 Å². The second kappa shape index (κ2) is 5.14. The normalized spacial score (nSPS) is 14.1. The monoisotopic (exact) mass is 237 g/mol. The van der Waals surface area contributed by atoms with Crippen molar-refractivity contribution < 1.29 is 4.79 Å². The van der Waals surface area contributed by atoms with Crippen LogP contribution in [0, 0.1) is 5.41 Å². The molecule has 1 rings (SSSR count). The van der Waals surface area contributed by atoms with Crippen LogP contribution in [-0.4, -0.2) is 17.0 Å². The predicted octanol–water partition coefficient (Wildman–Crippen LogP) is 0.699. The van der Waals surface area contributed by atoms with Gasteiger partial charge in [-0.1, -0.05) is 6.92 Å². The van der Waals surface area contributed by atoms with E-state index in [0.29, 0.717) is 18.7 Å². The zero-order valence-electron chi connectivity index (χ0n) is 10.5. The third-order valence-electron chi connectivity index (χ3n) is 3.12. The highest BCUT2D eigenvalue weighted by molar-refractivity contribution is 5.95. The Morgan fingerprint density at radius 1 is 1.53 bits per heavy atom. The van der Waals surface area contributed by atoms with Gasteiger partial charge in [0.15, 0.2) is 0 Å². The third kappa shape index (κ3) is 2.94. The summed E-state index contributed by atoms with van der Waals surface area (Å²) in [6, 6.07) is 3.01. The second-order valence-corrected chi connectivity index (χ2v) is 4.44. The van der Waals surface area contributed by atoms with Gasteiger partial charge >= 0.3 is 0 Å². The predicted molar refractivity (Wildman–Crippen MR) is 67.8 cm³/mol. The number of pyridine rings is 1. The number of hydrogen-bond donors (Lipinski definition) is 2. The third-order valence-corrected chi connectivity index (χ3v) is 3.12. The highest BCUT2D eigenvalue weighted by Gasteiger charge is 2.29. The fourth-order valence-electron chi connectivity index (χ4n) is 1.35. The number of aromatic nitrogens is 1. The average Bonchev–Trinajstić information content (AvgIpc) is 2.32. The standard InChI is InChI=1S/C12H19N3O2/c1-4-12(2,8-13)11(17)14-9-5-6-10(16)15(3)7-9/h5-7H,4,8,13H2,1-3H3,(H,14,17). The number of carbonyl (C=O) groups is 1. The number of nitrogens with one attached hydrogen (secondary N) is 1. The summed E-state index contributed by atoms with van der Waals surface area (Å²) in [6.45, 7) is 4.04. The van der Waals surface area contributed by atoms with Crippen molar-refractivity contribution in [3.63, 3.8) is 0 Å². The minimum Gasteiger partial charge on any atom is -0.329 e. The first-order chi connectivity index (χ1) is 7.92. The molecule has 1 aromatic rings. The average molecular weight is 237 g/mol. The molecule has 0 spiro atoms. The summed E-state index contributed by atoms with van der Waals surface area (Å²) in [5, 5.41) is 2.77. The summed E-state index contributed by atoms with van der Waals surface area (Å²) in [6.07, 6.45) is 2.26. The first kappa shape index (κ1) is 13.4. The van der Waals surface area contributed by atoms with Crippen LogP contribution in [0.5, 0.6) is 0 Å². The molecule has 17 heavy (non-hydrogen) atoms. The number of hydrogen-bond acceptors (Lipinski definition) is 3. The molecule has 5 heteroatoms. The topological polar surface area (TPSA) is 77.1 Å². The lowest BCUT2D eigenvalue weighted by molar-refractivity contribution is -0.124. The minimum absolute atomic E-state index is 0.111. The molecule has 0 saturated carbocycles. The van der Waals surface area contributed by atoms with Gasteiger partial charge in [-0.3, -0.25) is 9.59 Å². The lowest BCUT2D eigenvalue weighted by Crippen LogP contribution is -2.39. The van der Waals surface area contributed by atoms with Crippen LogP contribution in [0.15, 0.2) is 23.1 Å². The SMILES string of the molecule is CCC(C)(CN)C(=O)Nc1ccc(=O)n(C)c1. The largest absolute Gasteiger partial charge is 0.329 e. The van der Waals surface area contributed by atoms with E-state index in [9.17, 15) is 9.59 Å². The van der Waals surface area contributed by atoms with E-state index >= 15 is 0 Å². The van der Waals surface area contributed by atoms with Crippen molar-refractivity contribution in [3.05, 3.63) is 28.7 Å². The maximum absolute atomic E-state index is 12.0. The molecule has 1 heterocycles. The zero-order valence-corrected chi connectivity index (χ0v) is 10.5. The molecular formula is C12H19N3O2. The van der Waals surface area contributed by atoms with Gasteiger partial charge in [-0.15, -0.1) is 0 Å². The number of anilines is 1. The quantitative estimate of drug-likeness (QED) is 0.809. The van der Waals surface area contributed by atoms with Crippen LogP contribution in [0.2, 0.25) is 0 Å². The Morgan fingerprint density at radius 2 is 2.18 bits per heavy atom. The minimum atomic E-state index is -0.575. The molecule has 0 aliphatic heterocycles. The molecule has 0 aromatic carbocycles. The zero-order chi connectivity index (χ0) is 13.1. The molecule has 94 valence electrons. The fourth-order valence-corrected chi connectivity index (χ4v) is 1.35. The molecule has 0 bridgehead atoms. The summed E-state index contributed by atoms with van der Waals surface area (Å²) in [7, 11) is 1.64. The lowest BCUT2D eigenvalue weighted by atomic mass is 9.86. The molecule has 1 amide bonds. The van der Waals surface area contributed by atoms with Crippen molar-refractivity contribution in [1.29, 1.82) is 0 Å². The van der Waals surface area contributed by atoms with Crippen molar-refractivity contribution in [3.8, 4) is 0 Å². The van der Waals surface area contributed by atoms with E-state index in [0.717, 1.165) is 0 Å². The molecular weight excluding hydrogens is 218 g/mol. The van der Waals surface area contributed by atoms with E-state index in [-0.39, 0.29) is 11.5 Å². The number of rotatable bonds is 4. The maximum Gasteiger partial charge on any atom is 0.250 e. The van der Waals surface area contributed by atoms with E-state index in [1.54, 1.807) is 19.3 Å². The summed E-state index contributed by atoms with van der Waals surface area (Å²) in [5.74, 6) is -0.124. The highest BCUT2D eigenvalue weighted by Crippen LogP contribution is 2.21. The van der Waals surface area contributed by atoms with Crippen LogP contribution in [-0.2, 0) is 11.8 Å². The van der Waals surface area contributed by atoms with E-state index < -0.39 is 5.41 Å². The molecule has 1 atom stereocenters. The lowest BCUT2D eigenvalue weighted by Gasteiger charge is -2.24. The number of nitrogens with two attached hydrogens (primary N) is 1. The molecule has 1 unspecified atom stereocenters.